The zero-order chi connectivity index (χ0) is 14.1. The topological polar surface area (TPSA) is 60.9 Å². The molecule has 0 aromatic carbocycles. The third-order valence-electron chi connectivity index (χ3n) is 3.99. The smallest absolute Gasteiger partial charge is 0.226 e. The quantitative estimate of drug-likeness (QED) is 0.875. The maximum atomic E-state index is 5.98. The SMILES string of the molecule is CN1CCC(CN(C)c2nc(Cl)nc3[nH]ncc23)CC1. The molecule has 1 aliphatic heterocycles. The molecular weight excluding hydrogens is 276 g/mol. The van der Waals surface area contributed by atoms with E-state index in [-0.39, 0.29) is 5.28 Å². The molecule has 1 saturated heterocycles. The molecule has 7 heteroatoms. The number of nitrogens with zero attached hydrogens (tertiary/aromatic N) is 5. The van der Waals surface area contributed by atoms with Crippen LogP contribution in [0.1, 0.15) is 12.8 Å². The van der Waals surface area contributed by atoms with E-state index in [9.17, 15) is 0 Å². The highest BCUT2D eigenvalue weighted by atomic mass is 35.5. The van der Waals surface area contributed by atoms with E-state index in [4.69, 9.17) is 11.6 Å². The molecule has 0 atom stereocenters. The van der Waals surface area contributed by atoms with Crippen molar-refractivity contribution in [2.75, 3.05) is 38.6 Å². The van der Waals surface area contributed by atoms with E-state index in [1.54, 1.807) is 6.20 Å². The van der Waals surface area contributed by atoms with Crippen LogP contribution in [0.15, 0.2) is 6.20 Å². The summed E-state index contributed by atoms with van der Waals surface area (Å²) in [6.45, 7) is 3.33. The minimum atomic E-state index is 0.256. The van der Waals surface area contributed by atoms with Crippen LogP contribution in [0.5, 0.6) is 0 Å². The third-order valence-corrected chi connectivity index (χ3v) is 4.16. The van der Waals surface area contributed by atoms with Crippen LogP contribution in [0.2, 0.25) is 5.28 Å². The second-order valence-corrected chi connectivity index (χ2v) is 5.91. The molecule has 0 amide bonds. The predicted molar refractivity (Wildman–Crippen MR) is 80.2 cm³/mol. The van der Waals surface area contributed by atoms with Gasteiger partial charge in [0, 0.05) is 13.6 Å². The number of hydrogen-bond acceptors (Lipinski definition) is 5. The number of aromatic nitrogens is 4. The summed E-state index contributed by atoms with van der Waals surface area (Å²) in [4.78, 5) is 13.1. The normalized spacial score (nSPS) is 17.8. The molecule has 1 fully saturated rings. The average Bonchev–Trinajstić information content (AvgIpc) is 2.88. The first-order valence-corrected chi connectivity index (χ1v) is 7.27. The van der Waals surface area contributed by atoms with Gasteiger partial charge in [-0.25, -0.2) is 0 Å². The van der Waals surface area contributed by atoms with Gasteiger partial charge >= 0.3 is 0 Å². The van der Waals surface area contributed by atoms with E-state index in [1.807, 2.05) is 0 Å². The Labute approximate surface area is 123 Å². The molecule has 0 aliphatic carbocycles. The van der Waals surface area contributed by atoms with Crippen molar-refractivity contribution in [3.05, 3.63) is 11.5 Å². The van der Waals surface area contributed by atoms with E-state index >= 15 is 0 Å². The van der Waals surface area contributed by atoms with E-state index in [0.29, 0.717) is 11.6 Å². The Hall–Kier alpha value is -1.40. The Balaban J connectivity index is 1.78. The highest BCUT2D eigenvalue weighted by Gasteiger charge is 2.20. The first kappa shape index (κ1) is 13.6. The number of rotatable bonds is 3. The highest BCUT2D eigenvalue weighted by molar-refractivity contribution is 6.28. The predicted octanol–water partition coefficient (Wildman–Crippen LogP) is 1.78. The van der Waals surface area contributed by atoms with E-state index in [1.165, 1.54) is 25.9 Å². The number of hydrogen-bond donors (Lipinski definition) is 1. The minimum absolute atomic E-state index is 0.256. The summed E-state index contributed by atoms with van der Waals surface area (Å²) >= 11 is 5.98. The van der Waals surface area contributed by atoms with Gasteiger partial charge in [-0.2, -0.15) is 15.1 Å². The Morgan fingerprint density at radius 3 is 2.90 bits per heavy atom. The average molecular weight is 295 g/mol. The van der Waals surface area contributed by atoms with Crippen LogP contribution < -0.4 is 4.90 Å². The fourth-order valence-corrected chi connectivity index (χ4v) is 2.97. The van der Waals surface area contributed by atoms with Crippen LogP contribution in [-0.4, -0.2) is 58.8 Å². The van der Waals surface area contributed by atoms with Crippen molar-refractivity contribution in [2.45, 2.75) is 12.8 Å². The standard InChI is InChI=1S/C13H19ClN6/c1-19-5-3-9(4-6-19)8-20(2)12-10-7-15-18-11(10)16-13(14)17-12/h7,9H,3-6,8H2,1-2H3,(H,15,16,17,18). The summed E-state index contributed by atoms with van der Waals surface area (Å²) in [6, 6.07) is 0. The Morgan fingerprint density at radius 2 is 2.15 bits per heavy atom. The first-order chi connectivity index (χ1) is 9.63. The van der Waals surface area contributed by atoms with Gasteiger partial charge in [-0.05, 0) is 50.5 Å². The lowest BCUT2D eigenvalue weighted by Gasteiger charge is -2.32. The fraction of sp³-hybridized carbons (Fsp3) is 0.615. The molecule has 1 aliphatic rings. The van der Waals surface area contributed by atoms with Crippen LogP contribution in [0, 0.1) is 5.92 Å². The van der Waals surface area contributed by atoms with Crippen molar-refractivity contribution in [3.63, 3.8) is 0 Å². The summed E-state index contributed by atoms with van der Waals surface area (Å²) in [6.07, 6.45) is 4.22. The van der Waals surface area contributed by atoms with Crippen LogP contribution in [0.3, 0.4) is 0 Å². The molecule has 0 saturated carbocycles. The Morgan fingerprint density at radius 1 is 1.40 bits per heavy atom. The molecule has 0 spiro atoms. The molecular formula is C13H19ClN6. The van der Waals surface area contributed by atoms with Crippen LogP contribution in [0.25, 0.3) is 11.0 Å². The summed E-state index contributed by atoms with van der Waals surface area (Å²) in [5, 5.41) is 8.05. The molecule has 6 nitrogen and oxygen atoms in total. The largest absolute Gasteiger partial charge is 0.359 e. The number of fused-ring (bicyclic) bond motifs is 1. The second kappa shape index (κ2) is 5.54. The zero-order valence-corrected chi connectivity index (χ0v) is 12.6. The Kier molecular flexibility index (Phi) is 3.76. The maximum absolute atomic E-state index is 5.98. The van der Waals surface area contributed by atoms with Gasteiger partial charge in [0.25, 0.3) is 0 Å². The number of likely N-dealkylation sites (tertiary alicyclic amines) is 1. The third kappa shape index (κ3) is 2.71. The number of aromatic amines is 1. The molecule has 0 bridgehead atoms. The van der Waals surface area contributed by atoms with Crippen molar-refractivity contribution < 1.29 is 0 Å². The highest BCUT2D eigenvalue weighted by Crippen LogP contribution is 2.25. The fourth-order valence-electron chi connectivity index (χ4n) is 2.80. The van der Waals surface area contributed by atoms with Crippen molar-refractivity contribution >= 4 is 28.5 Å². The van der Waals surface area contributed by atoms with Crippen molar-refractivity contribution in [3.8, 4) is 0 Å². The lowest BCUT2D eigenvalue weighted by atomic mass is 9.96. The molecule has 3 rings (SSSR count). The van der Waals surface area contributed by atoms with Gasteiger partial charge in [0.1, 0.15) is 5.82 Å². The van der Waals surface area contributed by atoms with Crippen molar-refractivity contribution in [2.24, 2.45) is 5.92 Å². The van der Waals surface area contributed by atoms with Gasteiger partial charge in [-0.3, -0.25) is 5.10 Å². The van der Waals surface area contributed by atoms with Crippen molar-refractivity contribution in [1.82, 2.24) is 25.1 Å². The number of anilines is 1. The van der Waals surface area contributed by atoms with Gasteiger partial charge in [-0.1, -0.05) is 0 Å². The number of halogens is 1. The van der Waals surface area contributed by atoms with Crippen LogP contribution >= 0.6 is 11.6 Å². The number of H-pyrrole nitrogens is 1. The van der Waals surface area contributed by atoms with Gasteiger partial charge < -0.3 is 9.80 Å². The summed E-state index contributed by atoms with van der Waals surface area (Å²) in [5.41, 5.74) is 0.690. The van der Waals surface area contributed by atoms with E-state index in [0.717, 1.165) is 17.7 Å². The molecule has 20 heavy (non-hydrogen) atoms. The van der Waals surface area contributed by atoms with Gasteiger partial charge in [0.05, 0.1) is 11.6 Å². The Bertz CT molecular complexity index is 590. The van der Waals surface area contributed by atoms with Gasteiger partial charge in [-0.15, -0.1) is 0 Å². The number of piperidine rings is 1. The summed E-state index contributed by atoms with van der Waals surface area (Å²) in [5.74, 6) is 1.56. The van der Waals surface area contributed by atoms with Crippen LogP contribution in [0.4, 0.5) is 5.82 Å². The lowest BCUT2D eigenvalue weighted by Crippen LogP contribution is -2.36. The van der Waals surface area contributed by atoms with E-state index < -0.39 is 0 Å². The molecule has 2 aromatic rings. The lowest BCUT2D eigenvalue weighted by molar-refractivity contribution is 0.222. The maximum Gasteiger partial charge on any atom is 0.226 e. The molecule has 0 unspecified atom stereocenters. The van der Waals surface area contributed by atoms with E-state index in [2.05, 4.69) is 44.1 Å². The monoisotopic (exact) mass is 294 g/mol. The van der Waals surface area contributed by atoms with Gasteiger partial charge in [0.15, 0.2) is 5.65 Å². The van der Waals surface area contributed by atoms with Crippen LogP contribution in [-0.2, 0) is 0 Å². The number of nitrogens with one attached hydrogen (secondary N) is 1. The first-order valence-electron chi connectivity index (χ1n) is 6.90. The second-order valence-electron chi connectivity index (χ2n) is 5.58. The molecule has 0 radical (unpaired) electrons. The molecule has 108 valence electrons. The molecule has 3 heterocycles. The minimum Gasteiger partial charge on any atom is -0.359 e. The zero-order valence-electron chi connectivity index (χ0n) is 11.8. The van der Waals surface area contributed by atoms with Gasteiger partial charge in [0.2, 0.25) is 5.28 Å². The summed E-state index contributed by atoms with van der Waals surface area (Å²) in [7, 11) is 4.24. The molecule has 1 N–H and O–H groups in total. The van der Waals surface area contributed by atoms with Crippen molar-refractivity contribution in [1.29, 1.82) is 0 Å². The summed E-state index contributed by atoms with van der Waals surface area (Å²) < 4.78 is 0. The molecule has 2 aromatic heterocycles.